The van der Waals surface area contributed by atoms with Gasteiger partial charge in [0, 0.05) is 11.8 Å². The second-order valence-corrected chi connectivity index (χ2v) is 4.68. The minimum atomic E-state index is 0.895. The number of fused-ring (bicyclic) bond motifs is 1. The number of methoxy groups -OCH3 is 1. The Hall–Kier alpha value is -2.29. The first-order valence-corrected chi connectivity index (χ1v) is 6.29. The molecule has 0 amide bonds. The van der Waals surface area contributed by atoms with Crippen molar-refractivity contribution in [2.24, 2.45) is 0 Å². The van der Waals surface area contributed by atoms with Gasteiger partial charge in [-0.3, -0.25) is 0 Å². The summed E-state index contributed by atoms with van der Waals surface area (Å²) in [6.07, 6.45) is 3.89. The highest BCUT2D eigenvalue weighted by Gasteiger charge is 2.12. The summed E-state index contributed by atoms with van der Waals surface area (Å²) in [5.74, 6) is 0.895. The molecule has 0 spiro atoms. The average Bonchev–Trinajstić information content (AvgIpc) is 2.82. The van der Waals surface area contributed by atoms with Gasteiger partial charge in [-0.05, 0) is 42.7 Å². The molecule has 2 aromatic heterocycles. The molecule has 3 aromatic rings. The number of hydrogen-bond donors (Lipinski definition) is 0. The Labute approximate surface area is 112 Å². The molecule has 0 bridgehead atoms. The van der Waals surface area contributed by atoms with Gasteiger partial charge in [0.2, 0.25) is 0 Å². The molecule has 0 unspecified atom stereocenters. The van der Waals surface area contributed by atoms with Crippen molar-refractivity contribution in [1.82, 2.24) is 9.61 Å². The number of ether oxygens (including phenoxy) is 1. The van der Waals surface area contributed by atoms with Gasteiger partial charge in [0.25, 0.3) is 0 Å². The molecule has 3 rings (SSSR count). The van der Waals surface area contributed by atoms with E-state index in [1.165, 1.54) is 22.2 Å². The fourth-order valence-corrected chi connectivity index (χ4v) is 2.59. The Morgan fingerprint density at radius 3 is 2.63 bits per heavy atom. The van der Waals surface area contributed by atoms with Crippen LogP contribution < -0.4 is 4.74 Å². The van der Waals surface area contributed by atoms with Crippen LogP contribution in [0.2, 0.25) is 0 Å². The summed E-state index contributed by atoms with van der Waals surface area (Å²) in [4.78, 5) is 0. The Kier molecular flexibility index (Phi) is 2.75. The molecule has 19 heavy (non-hydrogen) atoms. The third kappa shape index (κ3) is 1.78. The lowest BCUT2D eigenvalue weighted by molar-refractivity contribution is 0.416. The first-order chi connectivity index (χ1) is 9.22. The van der Waals surface area contributed by atoms with E-state index in [-0.39, 0.29) is 0 Å². The van der Waals surface area contributed by atoms with Crippen molar-refractivity contribution in [2.45, 2.75) is 13.8 Å². The summed E-state index contributed by atoms with van der Waals surface area (Å²) in [7, 11) is 1.71. The zero-order valence-electron chi connectivity index (χ0n) is 11.3. The van der Waals surface area contributed by atoms with Gasteiger partial charge in [0.1, 0.15) is 5.75 Å². The van der Waals surface area contributed by atoms with Crippen LogP contribution in [0.3, 0.4) is 0 Å². The van der Waals surface area contributed by atoms with E-state index in [1.807, 2.05) is 35.1 Å². The van der Waals surface area contributed by atoms with Gasteiger partial charge in [0.05, 0.1) is 18.8 Å². The molecule has 1 aromatic carbocycles. The maximum Gasteiger partial charge on any atom is 0.126 e. The summed E-state index contributed by atoms with van der Waals surface area (Å²) in [5, 5.41) is 4.34. The van der Waals surface area contributed by atoms with E-state index >= 15 is 0 Å². The van der Waals surface area contributed by atoms with Crippen LogP contribution in [0.5, 0.6) is 5.75 Å². The molecule has 0 saturated heterocycles. The lowest BCUT2D eigenvalue weighted by atomic mass is 9.99. The second kappa shape index (κ2) is 4.43. The molecule has 0 aliphatic carbocycles. The third-order valence-corrected chi connectivity index (χ3v) is 3.52. The van der Waals surface area contributed by atoms with Crippen molar-refractivity contribution >= 4 is 5.52 Å². The second-order valence-electron chi connectivity index (χ2n) is 4.68. The maximum absolute atomic E-state index is 5.46. The maximum atomic E-state index is 5.46. The number of aromatic nitrogens is 2. The quantitative estimate of drug-likeness (QED) is 0.696. The fraction of sp³-hybridized carbons (Fsp3) is 0.188. The van der Waals surface area contributed by atoms with Crippen molar-refractivity contribution in [3.8, 4) is 16.9 Å². The van der Waals surface area contributed by atoms with E-state index in [9.17, 15) is 0 Å². The molecule has 0 N–H and O–H groups in total. The van der Waals surface area contributed by atoms with E-state index in [0.717, 1.165) is 11.3 Å². The lowest BCUT2D eigenvalue weighted by Gasteiger charge is -2.12. The van der Waals surface area contributed by atoms with Crippen LogP contribution in [0.25, 0.3) is 16.6 Å². The highest BCUT2D eigenvalue weighted by Crippen LogP contribution is 2.33. The van der Waals surface area contributed by atoms with E-state index < -0.39 is 0 Å². The number of benzene rings is 1. The molecule has 0 atom stereocenters. The van der Waals surface area contributed by atoms with Crippen LogP contribution in [0, 0.1) is 13.8 Å². The SMILES string of the molecule is COc1ccccc1-c1ccn2ncc(C)c2c1C. The van der Waals surface area contributed by atoms with Gasteiger partial charge < -0.3 is 4.74 Å². The van der Waals surface area contributed by atoms with Crippen molar-refractivity contribution < 1.29 is 4.74 Å². The monoisotopic (exact) mass is 252 g/mol. The first-order valence-electron chi connectivity index (χ1n) is 6.29. The van der Waals surface area contributed by atoms with E-state index in [0.29, 0.717) is 0 Å². The number of pyridine rings is 1. The van der Waals surface area contributed by atoms with Crippen LogP contribution >= 0.6 is 0 Å². The molecule has 96 valence electrons. The summed E-state index contributed by atoms with van der Waals surface area (Å²) in [5.41, 5.74) is 5.89. The van der Waals surface area contributed by atoms with Crippen molar-refractivity contribution in [1.29, 1.82) is 0 Å². The lowest BCUT2D eigenvalue weighted by Crippen LogP contribution is -1.94. The minimum Gasteiger partial charge on any atom is -0.496 e. The van der Waals surface area contributed by atoms with E-state index in [1.54, 1.807) is 7.11 Å². The normalized spacial score (nSPS) is 10.9. The Morgan fingerprint density at radius 1 is 1.05 bits per heavy atom. The number of hydrogen-bond acceptors (Lipinski definition) is 2. The molecule has 0 aliphatic heterocycles. The molecule has 0 aliphatic rings. The fourth-order valence-electron chi connectivity index (χ4n) is 2.59. The molecule has 3 heteroatoms. The van der Waals surface area contributed by atoms with Crippen LogP contribution in [-0.4, -0.2) is 16.7 Å². The molecule has 2 heterocycles. The Morgan fingerprint density at radius 2 is 1.84 bits per heavy atom. The highest BCUT2D eigenvalue weighted by molar-refractivity contribution is 5.79. The van der Waals surface area contributed by atoms with Crippen LogP contribution in [-0.2, 0) is 0 Å². The molecule has 0 saturated carbocycles. The van der Waals surface area contributed by atoms with Gasteiger partial charge in [-0.2, -0.15) is 5.10 Å². The summed E-state index contributed by atoms with van der Waals surface area (Å²) < 4.78 is 7.38. The number of rotatable bonds is 2. The summed E-state index contributed by atoms with van der Waals surface area (Å²) in [6.45, 7) is 4.22. The van der Waals surface area contributed by atoms with Gasteiger partial charge in [-0.25, -0.2) is 4.52 Å². The molecular weight excluding hydrogens is 236 g/mol. The van der Waals surface area contributed by atoms with E-state index in [2.05, 4.69) is 31.1 Å². The average molecular weight is 252 g/mol. The summed E-state index contributed by atoms with van der Waals surface area (Å²) >= 11 is 0. The number of nitrogens with zero attached hydrogens (tertiary/aromatic N) is 2. The smallest absolute Gasteiger partial charge is 0.126 e. The standard InChI is InChI=1S/C16H16N2O/c1-11-10-17-18-9-8-13(12(2)16(11)18)14-6-4-5-7-15(14)19-3/h4-10H,1-3H3. The number of para-hydroxylation sites is 1. The van der Waals surface area contributed by atoms with Gasteiger partial charge in [-0.15, -0.1) is 0 Å². The van der Waals surface area contributed by atoms with Crippen molar-refractivity contribution in [3.63, 3.8) is 0 Å². The van der Waals surface area contributed by atoms with Gasteiger partial charge in [-0.1, -0.05) is 18.2 Å². The van der Waals surface area contributed by atoms with Crippen LogP contribution in [0.4, 0.5) is 0 Å². The van der Waals surface area contributed by atoms with Crippen LogP contribution in [0.1, 0.15) is 11.1 Å². The van der Waals surface area contributed by atoms with Gasteiger partial charge in [0.15, 0.2) is 0 Å². The predicted octanol–water partition coefficient (Wildman–Crippen LogP) is 3.63. The van der Waals surface area contributed by atoms with Crippen molar-refractivity contribution in [2.75, 3.05) is 7.11 Å². The molecule has 3 nitrogen and oxygen atoms in total. The minimum absolute atomic E-state index is 0.895. The topological polar surface area (TPSA) is 26.5 Å². The number of aryl methyl sites for hydroxylation is 2. The molecule has 0 fully saturated rings. The van der Waals surface area contributed by atoms with Crippen LogP contribution in [0.15, 0.2) is 42.7 Å². The Bertz CT molecular complexity index is 744. The zero-order chi connectivity index (χ0) is 13.4. The Balaban J connectivity index is 2.31. The highest BCUT2D eigenvalue weighted by atomic mass is 16.5. The predicted molar refractivity (Wildman–Crippen MR) is 76.7 cm³/mol. The van der Waals surface area contributed by atoms with E-state index in [4.69, 9.17) is 4.74 Å². The van der Waals surface area contributed by atoms with Crippen molar-refractivity contribution in [3.05, 3.63) is 53.9 Å². The molecule has 0 radical (unpaired) electrons. The molecular formula is C16H16N2O. The van der Waals surface area contributed by atoms with Gasteiger partial charge >= 0.3 is 0 Å². The third-order valence-electron chi connectivity index (χ3n) is 3.52. The largest absolute Gasteiger partial charge is 0.496 e. The first kappa shape index (κ1) is 11.8. The summed E-state index contributed by atoms with van der Waals surface area (Å²) in [6, 6.07) is 10.2. The zero-order valence-corrected chi connectivity index (χ0v) is 11.3.